The molecule has 2 aromatic rings. The van der Waals surface area contributed by atoms with E-state index in [0.717, 1.165) is 25.2 Å². The summed E-state index contributed by atoms with van der Waals surface area (Å²) in [6, 6.07) is 0.489. The summed E-state index contributed by atoms with van der Waals surface area (Å²) >= 11 is 0. The number of likely N-dealkylation sites (tertiary alicyclic amines) is 1. The molecule has 0 aromatic carbocycles. The lowest BCUT2D eigenvalue weighted by molar-refractivity contribution is -0.121. The first kappa shape index (κ1) is 15.7. The molecular weight excluding hydrogens is 294 g/mol. The van der Waals surface area contributed by atoms with Crippen molar-refractivity contribution in [3.63, 3.8) is 0 Å². The van der Waals surface area contributed by atoms with Crippen LogP contribution in [0.1, 0.15) is 26.2 Å². The van der Waals surface area contributed by atoms with Crippen molar-refractivity contribution < 1.29 is 4.79 Å². The van der Waals surface area contributed by atoms with Gasteiger partial charge in [-0.15, -0.1) is 0 Å². The van der Waals surface area contributed by atoms with Crippen LogP contribution in [-0.4, -0.2) is 63.0 Å². The lowest BCUT2D eigenvalue weighted by Crippen LogP contribution is -2.40. The van der Waals surface area contributed by atoms with E-state index in [4.69, 9.17) is 0 Å². The molecule has 1 unspecified atom stereocenters. The van der Waals surface area contributed by atoms with Crippen molar-refractivity contribution in [2.24, 2.45) is 0 Å². The Morgan fingerprint density at radius 1 is 1.43 bits per heavy atom. The molecular formula is C15H23N7O. The highest BCUT2D eigenvalue weighted by molar-refractivity contribution is 5.82. The number of fused-ring (bicyclic) bond motifs is 1. The van der Waals surface area contributed by atoms with Gasteiger partial charge >= 0.3 is 0 Å². The maximum absolute atomic E-state index is 12.0. The van der Waals surface area contributed by atoms with Gasteiger partial charge < -0.3 is 15.6 Å². The first-order valence-corrected chi connectivity index (χ1v) is 8.16. The summed E-state index contributed by atoms with van der Waals surface area (Å²) in [5.41, 5.74) is 1.38. The van der Waals surface area contributed by atoms with E-state index in [2.05, 4.69) is 42.4 Å². The maximum Gasteiger partial charge on any atom is 0.221 e. The van der Waals surface area contributed by atoms with E-state index in [1.54, 1.807) is 6.33 Å². The Labute approximate surface area is 135 Å². The Morgan fingerprint density at radius 3 is 3.22 bits per heavy atom. The molecule has 0 radical (unpaired) electrons. The van der Waals surface area contributed by atoms with E-state index < -0.39 is 0 Å². The van der Waals surface area contributed by atoms with Crippen molar-refractivity contribution in [1.29, 1.82) is 0 Å². The number of H-pyrrole nitrogens is 1. The first-order chi connectivity index (χ1) is 11.3. The molecule has 1 aliphatic rings. The maximum atomic E-state index is 12.0. The molecule has 8 nitrogen and oxygen atoms in total. The number of aromatic nitrogens is 4. The summed E-state index contributed by atoms with van der Waals surface area (Å²) in [6.07, 6.45) is 5.86. The van der Waals surface area contributed by atoms with Crippen molar-refractivity contribution in [3.05, 3.63) is 12.7 Å². The zero-order valence-corrected chi connectivity index (χ0v) is 13.4. The van der Waals surface area contributed by atoms with Gasteiger partial charge in [-0.25, -0.2) is 15.0 Å². The average molecular weight is 317 g/mol. The fourth-order valence-electron chi connectivity index (χ4n) is 3.06. The van der Waals surface area contributed by atoms with Crippen LogP contribution in [0.4, 0.5) is 5.82 Å². The number of imidazole rings is 1. The molecule has 1 amide bonds. The summed E-state index contributed by atoms with van der Waals surface area (Å²) in [5, 5.41) is 6.19. The average Bonchev–Trinajstić information content (AvgIpc) is 3.21. The molecule has 0 aliphatic carbocycles. The fourth-order valence-corrected chi connectivity index (χ4v) is 3.06. The smallest absolute Gasteiger partial charge is 0.221 e. The van der Waals surface area contributed by atoms with Gasteiger partial charge in [0.15, 0.2) is 11.5 Å². The van der Waals surface area contributed by atoms with Gasteiger partial charge in [-0.1, -0.05) is 6.92 Å². The summed E-state index contributed by atoms with van der Waals surface area (Å²) < 4.78 is 0. The number of hydrogen-bond acceptors (Lipinski definition) is 6. The number of nitrogens with one attached hydrogen (secondary N) is 3. The number of rotatable bonds is 7. The van der Waals surface area contributed by atoms with Crippen LogP contribution in [0.25, 0.3) is 11.2 Å². The lowest BCUT2D eigenvalue weighted by atomic mass is 10.2. The second-order valence-electron chi connectivity index (χ2n) is 5.73. The lowest BCUT2D eigenvalue weighted by Gasteiger charge is -2.22. The van der Waals surface area contributed by atoms with Crippen LogP contribution in [0.2, 0.25) is 0 Å². The minimum atomic E-state index is 0.0652. The first-order valence-electron chi connectivity index (χ1n) is 8.16. The van der Waals surface area contributed by atoms with Gasteiger partial charge in [0.25, 0.3) is 0 Å². The van der Waals surface area contributed by atoms with Gasteiger partial charge in [0.05, 0.1) is 6.33 Å². The topological polar surface area (TPSA) is 98.8 Å². The van der Waals surface area contributed by atoms with Gasteiger partial charge in [0.2, 0.25) is 5.91 Å². The highest BCUT2D eigenvalue weighted by Gasteiger charge is 2.22. The van der Waals surface area contributed by atoms with Gasteiger partial charge in [-0.2, -0.15) is 0 Å². The fraction of sp³-hybridized carbons (Fsp3) is 0.600. The SMILES string of the molecule is CCN1CCCC1CNC(=O)CCNc1ncnc2nc[nH]c12. The third-order valence-electron chi connectivity index (χ3n) is 4.31. The highest BCUT2D eigenvalue weighted by atomic mass is 16.1. The molecule has 0 saturated carbocycles. The second-order valence-corrected chi connectivity index (χ2v) is 5.73. The van der Waals surface area contributed by atoms with E-state index in [1.807, 2.05) is 0 Å². The Morgan fingerprint density at radius 2 is 2.35 bits per heavy atom. The zero-order valence-electron chi connectivity index (χ0n) is 13.4. The summed E-state index contributed by atoms with van der Waals surface area (Å²) in [5.74, 6) is 0.739. The van der Waals surface area contributed by atoms with Crippen LogP contribution >= 0.6 is 0 Å². The number of likely N-dealkylation sites (N-methyl/N-ethyl adjacent to an activating group) is 1. The van der Waals surface area contributed by atoms with Crippen LogP contribution < -0.4 is 10.6 Å². The van der Waals surface area contributed by atoms with Crippen LogP contribution in [0, 0.1) is 0 Å². The van der Waals surface area contributed by atoms with Crippen molar-refractivity contribution in [2.75, 3.05) is 31.5 Å². The molecule has 3 heterocycles. The number of aromatic amines is 1. The predicted molar refractivity (Wildman–Crippen MR) is 88.1 cm³/mol. The van der Waals surface area contributed by atoms with Crippen LogP contribution in [0.15, 0.2) is 12.7 Å². The molecule has 23 heavy (non-hydrogen) atoms. The standard InChI is InChI=1S/C15H23N7O/c1-2-22-7-3-4-11(22)8-17-12(23)5-6-16-14-13-15(19-9-18-13)21-10-20-14/h9-11H,2-8H2,1H3,(H,17,23)(H2,16,18,19,20,21). The quantitative estimate of drug-likeness (QED) is 0.697. The zero-order chi connectivity index (χ0) is 16.1. The van der Waals surface area contributed by atoms with Gasteiger partial charge in [0.1, 0.15) is 11.8 Å². The third-order valence-corrected chi connectivity index (χ3v) is 4.31. The van der Waals surface area contributed by atoms with Gasteiger partial charge in [-0.3, -0.25) is 9.69 Å². The Bertz CT molecular complexity index is 656. The van der Waals surface area contributed by atoms with E-state index >= 15 is 0 Å². The minimum Gasteiger partial charge on any atom is -0.368 e. The molecule has 3 rings (SSSR count). The normalized spacial score (nSPS) is 18.4. The van der Waals surface area contributed by atoms with Crippen molar-refractivity contribution >= 4 is 22.9 Å². The molecule has 1 aliphatic heterocycles. The van der Waals surface area contributed by atoms with Crippen LogP contribution in [0.5, 0.6) is 0 Å². The summed E-state index contributed by atoms with van der Waals surface area (Å²) in [7, 11) is 0. The molecule has 1 saturated heterocycles. The molecule has 1 atom stereocenters. The van der Waals surface area contributed by atoms with Gasteiger partial charge in [0, 0.05) is 25.6 Å². The second kappa shape index (κ2) is 7.36. The molecule has 1 fully saturated rings. The predicted octanol–water partition coefficient (Wildman–Crippen LogP) is 0.755. The van der Waals surface area contributed by atoms with Crippen molar-refractivity contribution in [1.82, 2.24) is 30.2 Å². The highest BCUT2D eigenvalue weighted by Crippen LogP contribution is 2.16. The largest absolute Gasteiger partial charge is 0.368 e. The van der Waals surface area contributed by atoms with E-state index in [9.17, 15) is 4.79 Å². The number of nitrogens with zero attached hydrogens (tertiary/aromatic N) is 4. The Balaban J connectivity index is 1.42. The molecule has 0 bridgehead atoms. The van der Waals surface area contributed by atoms with Crippen LogP contribution in [0.3, 0.4) is 0 Å². The van der Waals surface area contributed by atoms with E-state index in [1.165, 1.54) is 19.2 Å². The molecule has 2 aromatic heterocycles. The van der Waals surface area contributed by atoms with Crippen molar-refractivity contribution in [3.8, 4) is 0 Å². The number of amides is 1. The Kier molecular flexibility index (Phi) is 5.02. The van der Waals surface area contributed by atoms with Crippen molar-refractivity contribution in [2.45, 2.75) is 32.2 Å². The van der Waals surface area contributed by atoms with E-state index in [-0.39, 0.29) is 5.91 Å². The number of carbonyl (C=O) groups is 1. The molecule has 3 N–H and O–H groups in total. The van der Waals surface area contributed by atoms with Crippen LogP contribution in [-0.2, 0) is 4.79 Å². The third kappa shape index (κ3) is 3.76. The number of hydrogen-bond donors (Lipinski definition) is 3. The Hall–Kier alpha value is -2.22. The number of carbonyl (C=O) groups excluding carboxylic acids is 1. The summed E-state index contributed by atoms with van der Waals surface area (Å²) in [6.45, 7) is 5.63. The number of anilines is 1. The van der Waals surface area contributed by atoms with Gasteiger partial charge in [-0.05, 0) is 25.9 Å². The molecule has 8 heteroatoms. The molecule has 124 valence electrons. The monoisotopic (exact) mass is 317 g/mol. The van der Waals surface area contributed by atoms with E-state index in [0.29, 0.717) is 30.5 Å². The minimum absolute atomic E-state index is 0.0652. The molecule has 0 spiro atoms. The summed E-state index contributed by atoms with van der Waals surface area (Å²) in [4.78, 5) is 29.7.